The standard InChI is InChI=1S/C11H16BrN/c1-9-4-6-10(7-5-9)11(8-12)13(2)3/h4-7,11H,8H2,1-3H3. The third-order valence-electron chi connectivity index (χ3n) is 2.23. The van der Waals surface area contributed by atoms with Crippen molar-refractivity contribution in [2.75, 3.05) is 19.4 Å². The van der Waals surface area contributed by atoms with Crippen molar-refractivity contribution in [1.29, 1.82) is 0 Å². The Morgan fingerprint density at radius 3 is 2.15 bits per heavy atom. The first-order valence-corrected chi connectivity index (χ1v) is 5.56. The van der Waals surface area contributed by atoms with Crippen LogP contribution in [0.25, 0.3) is 0 Å². The predicted octanol–water partition coefficient (Wildman–Crippen LogP) is 2.99. The minimum absolute atomic E-state index is 0.473. The van der Waals surface area contributed by atoms with Crippen LogP contribution in [0.2, 0.25) is 0 Å². The molecule has 0 heterocycles. The van der Waals surface area contributed by atoms with Gasteiger partial charge >= 0.3 is 0 Å². The van der Waals surface area contributed by atoms with Gasteiger partial charge in [0, 0.05) is 11.4 Å². The van der Waals surface area contributed by atoms with Gasteiger partial charge in [-0.2, -0.15) is 0 Å². The third-order valence-corrected chi connectivity index (χ3v) is 2.84. The van der Waals surface area contributed by atoms with Crippen LogP contribution in [0.15, 0.2) is 24.3 Å². The van der Waals surface area contributed by atoms with Gasteiger partial charge in [0.2, 0.25) is 0 Å². The smallest absolute Gasteiger partial charge is 0.0438 e. The number of hydrogen-bond acceptors (Lipinski definition) is 1. The van der Waals surface area contributed by atoms with E-state index in [1.165, 1.54) is 11.1 Å². The fraction of sp³-hybridized carbons (Fsp3) is 0.455. The summed E-state index contributed by atoms with van der Waals surface area (Å²) in [4.78, 5) is 2.22. The Morgan fingerprint density at radius 1 is 1.23 bits per heavy atom. The van der Waals surface area contributed by atoms with Crippen molar-refractivity contribution in [1.82, 2.24) is 4.90 Å². The fourth-order valence-corrected chi connectivity index (χ4v) is 2.27. The quantitative estimate of drug-likeness (QED) is 0.736. The number of halogens is 1. The lowest BCUT2D eigenvalue weighted by molar-refractivity contribution is 0.327. The van der Waals surface area contributed by atoms with Gasteiger partial charge < -0.3 is 4.90 Å². The number of nitrogens with zero attached hydrogens (tertiary/aromatic N) is 1. The molecule has 0 amide bonds. The van der Waals surface area contributed by atoms with Crippen LogP contribution >= 0.6 is 15.9 Å². The fourth-order valence-electron chi connectivity index (χ4n) is 1.31. The molecule has 0 radical (unpaired) electrons. The van der Waals surface area contributed by atoms with Gasteiger partial charge in [-0.1, -0.05) is 45.8 Å². The molecule has 0 aliphatic rings. The monoisotopic (exact) mass is 241 g/mol. The zero-order chi connectivity index (χ0) is 9.84. The molecule has 0 spiro atoms. The summed E-state index contributed by atoms with van der Waals surface area (Å²) >= 11 is 3.53. The molecule has 0 N–H and O–H groups in total. The van der Waals surface area contributed by atoms with E-state index in [-0.39, 0.29) is 0 Å². The summed E-state index contributed by atoms with van der Waals surface area (Å²) in [5.41, 5.74) is 2.68. The van der Waals surface area contributed by atoms with Gasteiger partial charge in [-0.15, -0.1) is 0 Å². The molecule has 1 aromatic carbocycles. The summed E-state index contributed by atoms with van der Waals surface area (Å²) in [5.74, 6) is 0. The molecular weight excluding hydrogens is 226 g/mol. The molecule has 0 fully saturated rings. The van der Waals surface area contributed by atoms with Crippen molar-refractivity contribution in [2.45, 2.75) is 13.0 Å². The second-order valence-electron chi connectivity index (χ2n) is 3.54. The molecule has 0 saturated carbocycles. The lowest BCUT2D eigenvalue weighted by atomic mass is 10.1. The molecule has 1 rings (SSSR count). The van der Waals surface area contributed by atoms with E-state index in [2.05, 4.69) is 66.1 Å². The highest BCUT2D eigenvalue weighted by Crippen LogP contribution is 2.20. The van der Waals surface area contributed by atoms with Crippen LogP contribution in [0.3, 0.4) is 0 Å². The summed E-state index contributed by atoms with van der Waals surface area (Å²) in [6.07, 6.45) is 0. The van der Waals surface area contributed by atoms with Crippen LogP contribution in [-0.4, -0.2) is 24.3 Å². The van der Waals surface area contributed by atoms with Crippen LogP contribution in [0.1, 0.15) is 17.2 Å². The topological polar surface area (TPSA) is 3.24 Å². The number of hydrogen-bond donors (Lipinski definition) is 0. The molecule has 13 heavy (non-hydrogen) atoms. The molecule has 0 saturated heterocycles. The number of aryl methyl sites for hydroxylation is 1. The maximum absolute atomic E-state index is 3.53. The van der Waals surface area contributed by atoms with Crippen LogP contribution in [0.5, 0.6) is 0 Å². The van der Waals surface area contributed by atoms with Gasteiger partial charge in [-0.25, -0.2) is 0 Å². The van der Waals surface area contributed by atoms with Gasteiger partial charge in [0.1, 0.15) is 0 Å². The number of benzene rings is 1. The molecule has 0 aromatic heterocycles. The minimum atomic E-state index is 0.473. The van der Waals surface area contributed by atoms with Crippen LogP contribution in [-0.2, 0) is 0 Å². The Kier molecular flexibility index (Phi) is 3.94. The van der Waals surface area contributed by atoms with E-state index >= 15 is 0 Å². The molecule has 1 atom stereocenters. The lowest BCUT2D eigenvalue weighted by Crippen LogP contribution is -2.20. The SMILES string of the molecule is Cc1ccc(C(CBr)N(C)C)cc1. The second-order valence-corrected chi connectivity index (χ2v) is 4.19. The first-order valence-electron chi connectivity index (χ1n) is 4.44. The van der Waals surface area contributed by atoms with Crippen molar-refractivity contribution >= 4 is 15.9 Å². The maximum Gasteiger partial charge on any atom is 0.0438 e. The second kappa shape index (κ2) is 4.77. The number of rotatable bonds is 3. The number of alkyl halides is 1. The summed E-state index contributed by atoms with van der Waals surface area (Å²) < 4.78 is 0. The van der Waals surface area contributed by atoms with Crippen molar-refractivity contribution in [2.24, 2.45) is 0 Å². The average Bonchev–Trinajstić information content (AvgIpc) is 2.09. The predicted molar refractivity (Wildman–Crippen MR) is 61.4 cm³/mol. The van der Waals surface area contributed by atoms with Gasteiger partial charge in [0.05, 0.1) is 0 Å². The Balaban J connectivity index is 2.86. The summed E-state index contributed by atoms with van der Waals surface area (Å²) in [6.45, 7) is 2.11. The highest BCUT2D eigenvalue weighted by Gasteiger charge is 2.11. The van der Waals surface area contributed by atoms with Crippen LogP contribution in [0, 0.1) is 6.92 Å². The molecule has 1 aromatic rings. The Hall–Kier alpha value is -0.340. The average molecular weight is 242 g/mol. The molecule has 2 heteroatoms. The van der Waals surface area contributed by atoms with E-state index in [0.29, 0.717) is 6.04 Å². The Labute approximate surface area is 88.9 Å². The molecule has 1 unspecified atom stereocenters. The highest BCUT2D eigenvalue weighted by atomic mass is 79.9. The Morgan fingerprint density at radius 2 is 1.77 bits per heavy atom. The van der Waals surface area contributed by atoms with Gasteiger partial charge in [0.25, 0.3) is 0 Å². The van der Waals surface area contributed by atoms with Crippen molar-refractivity contribution < 1.29 is 0 Å². The molecular formula is C11H16BrN. The first-order chi connectivity index (χ1) is 6.15. The Bertz CT molecular complexity index is 253. The van der Waals surface area contributed by atoms with E-state index in [1.807, 2.05) is 0 Å². The third kappa shape index (κ3) is 2.82. The molecule has 1 nitrogen and oxygen atoms in total. The van der Waals surface area contributed by atoms with Crippen LogP contribution < -0.4 is 0 Å². The minimum Gasteiger partial charge on any atom is -0.302 e. The summed E-state index contributed by atoms with van der Waals surface area (Å²) in [7, 11) is 4.21. The zero-order valence-corrected chi connectivity index (χ0v) is 10.0. The van der Waals surface area contributed by atoms with Gasteiger partial charge in [0.15, 0.2) is 0 Å². The van der Waals surface area contributed by atoms with Crippen LogP contribution in [0.4, 0.5) is 0 Å². The molecule has 0 aliphatic heterocycles. The van der Waals surface area contributed by atoms with E-state index < -0.39 is 0 Å². The van der Waals surface area contributed by atoms with Gasteiger partial charge in [-0.3, -0.25) is 0 Å². The zero-order valence-electron chi connectivity index (χ0n) is 8.42. The van der Waals surface area contributed by atoms with Gasteiger partial charge in [-0.05, 0) is 26.6 Å². The maximum atomic E-state index is 3.53. The normalized spacial score (nSPS) is 13.3. The van der Waals surface area contributed by atoms with E-state index in [1.54, 1.807) is 0 Å². The molecule has 0 aliphatic carbocycles. The van der Waals surface area contributed by atoms with Crippen molar-refractivity contribution in [3.63, 3.8) is 0 Å². The summed E-state index contributed by atoms with van der Waals surface area (Å²) in [5, 5.41) is 0.975. The van der Waals surface area contributed by atoms with E-state index in [9.17, 15) is 0 Å². The lowest BCUT2D eigenvalue weighted by Gasteiger charge is -2.22. The van der Waals surface area contributed by atoms with E-state index in [0.717, 1.165) is 5.33 Å². The molecule has 0 bridgehead atoms. The first kappa shape index (κ1) is 10.7. The van der Waals surface area contributed by atoms with E-state index in [4.69, 9.17) is 0 Å². The highest BCUT2D eigenvalue weighted by molar-refractivity contribution is 9.09. The molecule has 72 valence electrons. The largest absolute Gasteiger partial charge is 0.302 e. The van der Waals surface area contributed by atoms with Crippen molar-refractivity contribution in [3.05, 3.63) is 35.4 Å². The summed E-state index contributed by atoms with van der Waals surface area (Å²) in [6, 6.07) is 9.19. The van der Waals surface area contributed by atoms with Crippen molar-refractivity contribution in [3.8, 4) is 0 Å².